The fourth-order valence-electron chi connectivity index (χ4n) is 8.28. The minimum absolute atomic E-state index is 0.124. The van der Waals surface area contributed by atoms with Gasteiger partial charge in [-0.3, -0.25) is 0 Å². The van der Waals surface area contributed by atoms with Gasteiger partial charge in [0.2, 0.25) is 0 Å². The average Bonchev–Trinajstić information content (AvgIpc) is 3.15. The smallest absolute Gasteiger partial charge is 0.0197 e. The first-order chi connectivity index (χ1) is 25.3. The van der Waals surface area contributed by atoms with Gasteiger partial charge < -0.3 is 0 Å². The molecule has 0 aromatic heterocycles. The Morgan fingerprint density at radius 1 is 0.566 bits per heavy atom. The molecule has 0 heterocycles. The van der Waals surface area contributed by atoms with E-state index in [0.717, 1.165) is 55.3 Å². The van der Waals surface area contributed by atoms with Gasteiger partial charge in [-0.1, -0.05) is 46.8 Å². The van der Waals surface area contributed by atoms with E-state index in [4.69, 9.17) is 9.47 Å². The normalized spacial score (nSPS) is 14.2. The monoisotopic (exact) mass is 842 g/mol. The van der Waals surface area contributed by atoms with Crippen LogP contribution in [0.1, 0.15) is 65.0 Å². The van der Waals surface area contributed by atoms with Crippen LogP contribution >= 0.6 is 26.3 Å². The molecule has 53 heavy (non-hydrogen) atoms. The van der Waals surface area contributed by atoms with E-state index in [9.17, 15) is 0 Å². The third kappa shape index (κ3) is 10.8. The molecular weight excluding hydrogens is 780 g/mol. The van der Waals surface area contributed by atoms with E-state index >= 15 is 0 Å². The molecule has 5 heteroatoms. The molecule has 0 saturated carbocycles. The summed E-state index contributed by atoms with van der Waals surface area (Å²) in [5.41, 5.74) is 3.13. The molecule has 0 N–H and O–H groups in total. The van der Waals surface area contributed by atoms with Crippen molar-refractivity contribution >= 4 is 42.2 Å². The molecule has 0 aliphatic rings. The van der Waals surface area contributed by atoms with E-state index in [1.54, 1.807) is 0 Å². The molecule has 1 atom stereocenters. The van der Waals surface area contributed by atoms with Gasteiger partial charge in [-0.25, -0.2) is 0 Å². The number of nitrogens with zero attached hydrogens (tertiary/aromatic N) is 1. The molecule has 0 bridgehead atoms. The molecule has 0 spiro atoms. The second-order valence-corrected chi connectivity index (χ2v) is 27.7. The number of ether oxygens (including phenoxy) is 2. The Hall–Kier alpha value is -3.02. The molecule has 1 unspecified atom stereocenters. The van der Waals surface area contributed by atoms with Crippen molar-refractivity contribution in [1.29, 1.82) is 0 Å². The zero-order valence-electron chi connectivity index (χ0n) is 33.0. The SMILES string of the molecule is CC(C)(C)CC(C)(C)c1ccc(OCCOCC[N+](C)(CCCCP(I)(c2ccccc2)(c2ccccc2)c2ccccc2)Cc2ccccc2)cc1. The number of quaternary nitrogens is 1. The van der Waals surface area contributed by atoms with Crippen LogP contribution in [0, 0.1) is 5.41 Å². The number of hydrogen-bond donors (Lipinski definition) is 0. The van der Waals surface area contributed by atoms with E-state index in [2.05, 4.69) is 209 Å². The first kappa shape index (κ1) is 41.1. The third-order valence-electron chi connectivity index (χ3n) is 10.7. The Bertz CT molecular complexity index is 1710. The van der Waals surface area contributed by atoms with Crippen LogP contribution in [0.3, 0.4) is 0 Å². The summed E-state index contributed by atoms with van der Waals surface area (Å²) < 4.78 is 10.5. The number of unbranched alkanes of at least 4 members (excludes halogenated alkanes) is 1. The van der Waals surface area contributed by atoms with Gasteiger partial charge in [-0.2, -0.15) is 0 Å². The number of rotatable bonds is 19. The summed E-state index contributed by atoms with van der Waals surface area (Å²) in [5.74, 6) is 0.905. The summed E-state index contributed by atoms with van der Waals surface area (Å²) in [6, 6.07) is 53.5. The van der Waals surface area contributed by atoms with E-state index in [0.29, 0.717) is 19.8 Å². The summed E-state index contributed by atoms with van der Waals surface area (Å²) >= 11 is 2.93. The van der Waals surface area contributed by atoms with E-state index in [-0.39, 0.29) is 10.8 Å². The van der Waals surface area contributed by atoms with Crippen molar-refractivity contribution in [3.8, 4) is 5.75 Å². The van der Waals surface area contributed by atoms with Crippen molar-refractivity contribution in [2.24, 2.45) is 5.41 Å². The van der Waals surface area contributed by atoms with Gasteiger partial charge in [-0.15, -0.1) is 0 Å². The van der Waals surface area contributed by atoms with Gasteiger partial charge in [0.25, 0.3) is 0 Å². The van der Waals surface area contributed by atoms with Crippen LogP contribution in [0.5, 0.6) is 5.75 Å². The van der Waals surface area contributed by atoms with Gasteiger partial charge in [-0.05, 0) is 34.9 Å². The first-order valence-electron chi connectivity index (χ1n) is 19.4. The minimum atomic E-state index is -2.78. The maximum atomic E-state index is 6.24. The fourth-order valence-corrected chi connectivity index (χ4v) is 17.1. The van der Waals surface area contributed by atoms with Crippen molar-refractivity contribution in [2.75, 3.05) is 46.1 Å². The molecule has 0 fully saturated rings. The van der Waals surface area contributed by atoms with Crippen LogP contribution in [0.4, 0.5) is 0 Å². The molecule has 0 aliphatic carbocycles. The van der Waals surface area contributed by atoms with Crippen molar-refractivity contribution < 1.29 is 14.0 Å². The predicted octanol–water partition coefficient (Wildman–Crippen LogP) is 11.1. The summed E-state index contributed by atoms with van der Waals surface area (Å²) in [6.07, 6.45) is 4.54. The fraction of sp³-hybridized carbons (Fsp3) is 0.375. The molecule has 5 rings (SSSR count). The molecule has 0 saturated heterocycles. The topological polar surface area (TPSA) is 18.5 Å². The van der Waals surface area contributed by atoms with Crippen molar-refractivity contribution in [3.05, 3.63) is 157 Å². The Labute approximate surface area is 334 Å². The standard InChI is InChI=1S/C48H62INO2P/c1-47(2,3)40-48(4,5)42-29-31-43(32-30-42)52-37-36-51-35-34-50(6,39-41-21-11-7-12-22-41)33-19-20-38-53(49,44-23-13-8-14-24-44,45-25-15-9-16-26-45)46-27-17-10-18-28-46/h7-18,21-32H,19-20,33-40H2,1-6H3/q+1. The third-order valence-corrected chi connectivity index (χ3v) is 22.4. The zero-order valence-corrected chi connectivity index (χ0v) is 36.1. The molecule has 5 aromatic carbocycles. The molecule has 3 nitrogen and oxygen atoms in total. The van der Waals surface area contributed by atoms with Crippen LogP contribution in [0.2, 0.25) is 0 Å². The second kappa shape index (κ2) is 18.1. The minimum Gasteiger partial charge on any atom is -0.0548 e. The molecular formula is C48H62INO2P+. The second-order valence-electron chi connectivity index (χ2n) is 16.9. The number of benzene rings is 5. The van der Waals surface area contributed by atoms with Crippen molar-refractivity contribution in [2.45, 2.75) is 65.8 Å². The number of hydrogen-bond acceptors (Lipinski definition) is 2. The van der Waals surface area contributed by atoms with Crippen molar-refractivity contribution in [1.82, 2.24) is 0 Å². The Balaban J connectivity index is 1.22. The molecule has 5 aromatic rings. The van der Waals surface area contributed by atoms with Crippen LogP contribution in [-0.2, 0) is 16.7 Å². The van der Waals surface area contributed by atoms with Gasteiger partial charge >= 0.3 is 254 Å². The zero-order chi connectivity index (χ0) is 37.9. The number of likely N-dealkylation sites (N-methyl/N-ethyl adjacent to an activating group) is 1. The van der Waals surface area contributed by atoms with Crippen LogP contribution in [0.25, 0.3) is 0 Å². The Morgan fingerprint density at radius 3 is 1.55 bits per heavy atom. The van der Waals surface area contributed by atoms with Crippen LogP contribution in [0.15, 0.2) is 146 Å². The van der Waals surface area contributed by atoms with Crippen LogP contribution in [-0.4, -0.2) is 50.6 Å². The summed E-state index contributed by atoms with van der Waals surface area (Å²) in [6.45, 7) is 16.5. The molecule has 0 amide bonds. The van der Waals surface area contributed by atoms with Gasteiger partial charge in [0.1, 0.15) is 0 Å². The molecule has 0 aliphatic heterocycles. The first-order valence-corrected chi connectivity index (χ1v) is 24.6. The molecule has 0 radical (unpaired) electrons. The van der Waals surface area contributed by atoms with Crippen molar-refractivity contribution in [3.63, 3.8) is 0 Å². The Kier molecular flexibility index (Phi) is 14.0. The van der Waals surface area contributed by atoms with E-state index in [1.807, 2.05) is 0 Å². The van der Waals surface area contributed by atoms with Gasteiger partial charge in [0.05, 0.1) is 0 Å². The summed E-state index contributed by atoms with van der Waals surface area (Å²) in [7, 11) is 2.41. The maximum Gasteiger partial charge on any atom is -0.0197 e. The van der Waals surface area contributed by atoms with Crippen LogP contribution < -0.4 is 20.7 Å². The summed E-state index contributed by atoms with van der Waals surface area (Å²) in [5, 5.41) is 4.36. The average molecular weight is 843 g/mol. The maximum absolute atomic E-state index is 6.24. The van der Waals surface area contributed by atoms with E-state index in [1.165, 1.54) is 27.0 Å². The van der Waals surface area contributed by atoms with E-state index < -0.39 is 4.25 Å². The van der Waals surface area contributed by atoms with Gasteiger partial charge in [0, 0.05) is 0 Å². The quantitative estimate of drug-likeness (QED) is 0.0357. The largest absolute Gasteiger partial charge is 0.0548 e. The molecule has 282 valence electrons. The summed E-state index contributed by atoms with van der Waals surface area (Å²) in [4.78, 5) is 0. The van der Waals surface area contributed by atoms with Gasteiger partial charge in [0.15, 0.2) is 0 Å². The number of halogens is 1. The predicted molar refractivity (Wildman–Crippen MR) is 239 cm³/mol. The Morgan fingerprint density at radius 2 is 1.06 bits per heavy atom.